The fraction of sp³-hybridized carbons (Fsp3) is 1.00. The summed E-state index contributed by atoms with van der Waals surface area (Å²) in [5.74, 6) is 1.51. The van der Waals surface area contributed by atoms with Crippen LogP contribution in [0.4, 0.5) is 0 Å². The zero-order chi connectivity index (χ0) is 9.35. The third-order valence-electron chi connectivity index (χ3n) is 3.71. The van der Waals surface area contributed by atoms with E-state index in [1.165, 1.54) is 12.8 Å². The summed E-state index contributed by atoms with van der Waals surface area (Å²) in [6.45, 7) is 9.40. The van der Waals surface area contributed by atoms with Crippen LogP contribution in [-0.2, 0) is 4.74 Å². The van der Waals surface area contributed by atoms with Crippen LogP contribution in [0, 0.1) is 17.3 Å². The Kier molecular flexibility index (Phi) is 2.82. The molecular weight excluding hydrogens is 148 g/mol. The minimum atomic E-state index is 0.494. The Morgan fingerprint density at radius 1 is 1.25 bits per heavy atom. The minimum Gasteiger partial charge on any atom is -0.381 e. The van der Waals surface area contributed by atoms with Crippen LogP contribution in [0.15, 0.2) is 0 Å². The Labute approximate surface area is 76.5 Å². The number of methoxy groups -OCH3 is 1. The highest BCUT2D eigenvalue weighted by molar-refractivity contribution is 4.87. The van der Waals surface area contributed by atoms with E-state index in [-0.39, 0.29) is 0 Å². The molecule has 1 fully saturated rings. The molecule has 0 aromatic rings. The SMILES string of the molecule is COC1CC(C)C(C)(C)CC1C. The molecule has 0 aromatic carbocycles. The maximum absolute atomic E-state index is 5.47. The summed E-state index contributed by atoms with van der Waals surface area (Å²) < 4.78 is 5.47. The maximum Gasteiger partial charge on any atom is 0.0599 e. The maximum atomic E-state index is 5.47. The smallest absolute Gasteiger partial charge is 0.0599 e. The first-order chi connectivity index (χ1) is 5.47. The van der Waals surface area contributed by atoms with E-state index in [0.29, 0.717) is 11.5 Å². The molecular formula is C11H22O. The highest BCUT2D eigenvalue weighted by Gasteiger charge is 2.37. The molecule has 0 N–H and O–H groups in total. The lowest BCUT2D eigenvalue weighted by atomic mass is 9.65. The summed E-state index contributed by atoms with van der Waals surface area (Å²) in [7, 11) is 1.84. The molecule has 0 radical (unpaired) electrons. The quantitative estimate of drug-likeness (QED) is 0.587. The number of ether oxygens (including phenoxy) is 1. The lowest BCUT2D eigenvalue weighted by Gasteiger charge is -2.43. The molecule has 0 amide bonds. The van der Waals surface area contributed by atoms with Crippen molar-refractivity contribution < 1.29 is 4.74 Å². The van der Waals surface area contributed by atoms with Gasteiger partial charge in [-0.1, -0.05) is 27.7 Å². The van der Waals surface area contributed by atoms with E-state index < -0.39 is 0 Å². The second kappa shape index (κ2) is 3.37. The van der Waals surface area contributed by atoms with Crippen molar-refractivity contribution in [2.24, 2.45) is 17.3 Å². The predicted molar refractivity (Wildman–Crippen MR) is 52.1 cm³/mol. The highest BCUT2D eigenvalue weighted by Crippen LogP contribution is 2.43. The standard InChI is InChI=1S/C11H22O/c1-8-7-11(3,4)9(2)6-10(8)12-5/h8-10H,6-7H2,1-5H3. The molecule has 0 heterocycles. The Bertz CT molecular complexity index is 151. The van der Waals surface area contributed by atoms with Crippen molar-refractivity contribution in [2.45, 2.75) is 46.6 Å². The van der Waals surface area contributed by atoms with E-state index in [0.717, 1.165) is 11.8 Å². The zero-order valence-corrected chi connectivity index (χ0v) is 9.05. The monoisotopic (exact) mass is 170 g/mol. The fourth-order valence-electron chi connectivity index (χ4n) is 2.39. The second-order valence-electron chi connectivity index (χ2n) is 5.08. The molecule has 0 aliphatic heterocycles. The summed E-state index contributed by atoms with van der Waals surface area (Å²) in [5, 5.41) is 0. The highest BCUT2D eigenvalue weighted by atomic mass is 16.5. The van der Waals surface area contributed by atoms with Crippen LogP contribution in [0.1, 0.15) is 40.5 Å². The average molecular weight is 170 g/mol. The van der Waals surface area contributed by atoms with Crippen molar-refractivity contribution in [1.29, 1.82) is 0 Å². The molecule has 1 rings (SSSR count). The van der Waals surface area contributed by atoms with Crippen LogP contribution in [0.25, 0.3) is 0 Å². The number of hydrogen-bond donors (Lipinski definition) is 0. The van der Waals surface area contributed by atoms with Gasteiger partial charge in [-0.15, -0.1) is 0 Å². The summed E-state index contributed by atoms with van der Waals surface area (Å²) in [5.41, 5.74) is 0.508. The van der Waals surface area contributed by atoms with Crippen LogP contribution in [-0.4, -0.2) is 13.2 Å². The van der Waals surface area contributed by atoms with Gasteiger partial charge in [-0.05, 0) is 30.1 Å². The van der Waals surface area contributed by atoms with Gasteiger partial charge in [0.2, 0.25) is 0 Å². The van der Waals surface area contributed by atoms with Gasteiger partial charge in [0.05, 0.1) is 6.10 Å². The number of hydrogen-bond acceptors (Lipinski definition) is 1. The number of rotatable bonds is 1. The van der Waals surface area contributed by atoms with E-state index in [2.05, 4.69) is 27.7 Å². The molecule has 72 valence electrons. The molecule has 1 saturated carbocycles. The van der Waals surface area contributed by atoms with Crippen molar-refractivity contribution in [3.05, 3.63) is 0 Å². The molecule has 0 saturated heterocycles. The van der Waals surface area contributed by atoms with Gasteiger partial charge >= 0.3 is 0 Å². The first kappa shape index (κ1) is 10.0. The van der Waals surface area contributed by atoms with Crippen molar-refractivity contribution >= 4 is 0 Å². The lowest BCUT2D eigenvalue weighted by molar-refractivity contribution is -0.0333. The molecule has 3 unspecified atom stereocenters. The van der Waals surface area contributed by atoms with Gasteiger partial charge in [0.15, 0.2) is 0 Å². The fourth-order valence-corrected chi connectivity index (χ4v) is 2.39. The third-order valence-corrected chi connectivity index (χ3v) is 3.71. The van der Waals surface area contributed by atoms with E-state index in [1.807, 2.05) is 7.11 Å². The van der Waals surface area contributed by atoms with Gasteiger partial charge in [0, 0.05) is 7.11 Å². The second-order valence-corrected chi connectivity index (χ2v) is 5.08. The molecule has 0 bridgehead atoms. The lowest BCUT2D eigenvalue weighted by Crippen LogP contribution is -2.38. The van der Waals surface area contributed by atoms with Crippen molar-refractivity contribution in [3.63, 3.8) is 0 Å². The molecule has 1 aliphatic carbocycles. The largest absolute Gasteiger partial charge is 0.381 e. The summed E-state index contributed by atoms with van der Waals surface area (Å²) in [4.78, 5) is 0. The average Bonchev–Trinajstić information content (AvgIpc) is 1.96. The Balaban J connectivity index is 2.62. The van der Waals surface area contributed by atoms with Gasteiger partial charge in [0.25, 0.3) is 0 Å². The van der Waals surface area contributed by atoms with Crippen LogP contribution < -0.4 is 0 Å². The predicted octanol–water partition coefficient (Wildman–Crippen LogP) is 3.09. The third kappa shape index (κ3) is 1.82. The van der Waals surface area contributed by atoms with Crippen LogP contribution in [0.2, 0.25) is 0 Å². The Morgan fingerprint density at radius 2 is 1.83 bits per heavy atom. The van der Waals surface area contributed by atoms with Gasteiger partial charge in [-0.2, -0.15) is 0 Å². The van der Waals surface area contributed by atoms with Crippen LogP contribution >= 0.6 is 0 Å². The van der Waals surface area contributed by atoms with Gasteiger partial charge in [-0.3, -0.25) is 0 Å². The first-order valence-corrected chi connectivity index (χ1v) is 5.00. The van der Waals surface area contributed by atoms with Crippen molar-refractivity contribution in [3.8, 4) is 0 Å². The van der Waals surface area contributed by atoms with Gasteiger partial charge < -0.3 is 4.74 Å². The first-order valence-electron chi connectivity index (χ1n) is 5.00. The molecule has 0 aromatic heterocycles. The van der Waals surface area contributed by atoms with Crippen LogP contribution in [0.5, 0.6) is 0 Å². The molecule has 12 heavy (non-hydrogen) atoms. The summed E-state index contributed by atoms with van der Waals surface area (Å²) in [6, 6.07) is 0. The van der Waals surface area contributed by atoms with E-state index in [9.17, 15) is 0 Å². The molecule has 1 nitrogen and oxygen atoms in total. The zero-order valence-electron chi connectivity index (χ0n) is 9.05. The Hall–Kier alpha value is -0.0400. The van der Waals surface area contributed by atoms with E-state index >= 15 is 0 Å². The molecule has 1 heteroatoms. The molecule has 1 aliphatic rings. The molecule has 3 atom stereocenters. The Morgan fingerprint density at radius 3 is 2.33 bits per heavy atom. The van der Waals surface area contributed by atoms with Crippen molar-refractivity contribution in [1.82, 2.24) is 0 Å². The summed E-state index contributed by atoms with van der Waals surface area (Å²) >= 11 is 0. The van der Waals surface area contributed by atoms with E-state index in [4.69, 9.17) is 4.74 Å². The summed E-state index contributed by atoms with van der Waals surface area (Å²) in [6.07, 6.45) is 3.02. The van der Waals surface area contributed by atoms with Gasteiger partial charge in [0.1, 0.15) is 0 Å². The molecule has 0 spiro atoms. The minimum absolute atomic E-state index is 0.494. The topological polar surface area (TPSA) is 9.23 Å². The van der Waals surface area contributed by atoms with Crippen molar-refractivity contribution in [2.75, 3.05) is 7.11 Å². The van der Waals surface area contributed by atoms with Crippen LogP contribution in [0.3, 0.4) is 0 Å². The van der Waals surface area contributed by atoms with Gasteiger partial charge in [-0.25, -0.2) is 0 Å². The normalized spacial score (nSPS) is 41.2. The van der Waals surface area contributed by atoms with E-state index in [1.54, 1.807) is 0 Å².